The fraction of sp³-hybridized carbons (Fsp3) is 0. The van der Waals surface area contributed by atoms with Crippen molar-refractivity contribution in [2.24, 2.45) is 0 Å². The van der Waals surface area contributed by atoms with E-state index in [2.05, 4.69) is 0 Å². The molecular formula is C6HClF6Mg. The van der Waals surface area contributed by atoms with E-state index >= 15 is 0 Å². The van der Waals surface area contributed by atoms with Crippen molar-refractivity contribution in [3.63, 3.8) is 0 Å². The first-order chi connectivity index (χ1) is 6.00. The molecule has 0 fully saturated rings. The topological polar surface area (TPSA) is 0 Å². The predicted molar refractivity (Wildman–Crippen MR) is 40.0 cm³/mol. The van der Waals surface area contributed by atoms with Gasteiger partial charge >= 0.3 is 20.9 Å². The molecule has 76 valence electrons. The van der Waals surface area contributed by atoms with Gasteiger partial charge in [-0.05, 0) is 3.69 Å². The molecule has 0 saturated carbocycles. The van der Waals surface area contributed by atoms with Crippen LogP contribution in [0.1, 0.15) is 0 Å². The maximum Gasteiger partial charge on any atom is 0.658 e. The maximum atomic E-state index is 12.5. The summed E-state index contributed by atoms with van der Waals surface area (Å²) in [4.78, 5) is 0. The smallest absolute Gasteiger partial charge is 0.475 e. The van der Waals surface area contributed by atoms with Crippen LogP contribution < -0.4 is 3.69 Å². The van der Waals surface area contributed by atoms with Crippen molar-refractivity contribution in [1.29, 1.82) is 0 Å². The molecule has 1 aromatic carbocycles. The molecule has 0 aromatic heterocycles. The average Bonchev–Trinajstić information content (AvgIpc) is 2.13. The van der Waals surface area contributed by atoms with Crippen molar-refractivity contribution >= 4 is 37.0 Å². The summed E-state index contributed by atoms with van der Waals surface area (Å²) >= 11 is -2.92. The van der Waals surface area contributed by atoms with Crippen LogP contribution in [0.4, 0.5) is 24.9 Å². The van der Waals surface area contributed by atoms with Crippen molar-refractivity contribution < 1.29 is 24.9 Å². The van der Waals surface area contributed by atoms with E-state index in [4.69, 9.17) is 0 Å². The molecule has 0 radical (unpaired) electrons. The lowest BCUT2D eigenvalue weighted by atomic mass is 10.3. The molecule has 1 aromatic rings. The normalized spacial score (nSPS) is 9.29. The molecule has 0 aliphatic carbocycles. The van der Waals surface area contributed by atoms with Crippen LogP contribution in [0.2, 0.25) is 0 Å². The average molecular weight is 247 g/mol. The highest BCUT2D eigenvalue weighted by atomic mass is 35.5. The number of halogens is 7. The second kappa shape index (κ2) is 5.08. The minimum atomic E-state index is -2.92. The van der Waals surface area contributed by atoms with Gasteiger partial charge in [0.2, 0.25) is 0 Å². The van der Waals surface area contributed by atoms with Crippen LogP contribution in [0.5, 0.6) is 0 Å². The van der Waals surface area contributed by atoms with Crippen LogP contribution >= 0.6 is 12.4 Å². The molecular weight excluding hydrogens is 246 g/mol. The molecule has 0 aliphatic heterocycles. The summed E-state index contributed by atoms with van der Waals surface area (Å²) in [6.07, 6.45) is 0. The van der Waals surface area contributed by atoms with Gasteiger partial charge in [-0.2, -0.15) is 0 Å². The Labute approximate surface area is 91.2 Å². The van der Waals surface area contributed by atoms with E-state index < -0.39 is 53.7 Å². The Morgan fingerprint density at radius 2 is 0.929 bits per heavy atom. The second-order valence-electron chi connectivity index (χ2n) is 2.18. The molecule has 0 amide bonds. The van der Waals surface area contributed by atoms with Gasteiger partial charge in [-0.15, -0.1) is 12.4 Å². The fourth-order valence-corrected chi connectivity index (χ4v) is 1.31. The van der Waals surface area contributed by atoms with Gasteiger partial charge in [-0.25, -0.2) is 22.0 Å². The predicted octanol–water partition coefficient (Wildman–Crippen LogP) is 2.02. The Morgan fingerprint density at radius 3 is 1.21 bits per heavy atom. The first kappa shape index (κ1) is 13.9. The molecule has 0 aliphatic rings. The molecule has 1 rings (SSSR count). The minimum absolute atomic E-state index is 0. The van der Waals surface area contributed by atoms with Gasteiger partial charge in [-0.1, -0.05) is 0 Å². The molecule has 0 N–H and O–H groups in total. The van der Waals surface area contributed by atoms with Gasteiger partial charge in [0.25, 0.3) is 0 Å². The zero-order chi connectivity index (χ0) is 10.2. The lowest BCUT2D eigenvalue weighted by Gasteiger charge is -2.03. The van der Waals surface area contributed by atoms with Gasteiger partial charge in [0.05, 0.1) is 0 Å². The molecule has 0 spiro atoms. The molecule has 0 heterocycles. The van der Waals surface area contributed by atoms with E-state index in [9.17, 15) is 24.9 Å². The Balaban J connectivity index is 0.00000169. The fourth-order valence-electron chi connectivity index (χ4n) is 0.768. The largest absolute Gasteiger partial charge is 0.658 e. The van der Waals surface area contributed by atoms with Crippen LogP contribution in [-0.4, -0.2) is 20.9 Å². The van der Waals surface area contributed by atoms with Crippen molar-refractivity contribution in [3.8, 4) is 0 Å². The Hall–Kier alpha value is -0.144. The van der Waals surface area contributed by atoms with Gasteiger partial charge < -0.3 is 2.96 Å². The van der Waals surface area contributed by atoms with E-state index in [1.165, 1.54) is 0 Å². The summed E-state index contributed by atoms with van der Waals surface area (Å²) < 4.78 is 72.5. The summed E-state index contributed by atoms with van der Waals surface area (Å²) in [6, 6.07) is 0. The second-order valence-corrected chi connectivity index (χ2v) is 3.16. The maximum absolute atomic E-state index is 12.5. The molecule has 8 heteroatoms. The highest BCUT2D eigenvalue weighted by Crippen LogP contribution is 2.15. The summed E-state index contributed by atoms with van der Waals surface area (Å²) in [7, 11) is 0. The SMILES string of the molecule is Cl.[F][Mg][c]1c(F)c(F)c(F)c(F)c1F. The van der Waals surface area contributed by atoms with E-state index in [1.807, 2.05) is 0 Å². The van der Waals surface area contributed by atoms with Crippen LogP contribution in [0.3, 0.4) is 0 Å². The summed E-state index contributed by atoms with van der Waals surface area (Å²) in [5, 5.41) is 0. The summed E-state index contributed by atoms with van der Waals surface area (Å²) in [5.74, 6) is -10.6. The van der Waals surface area contributed by atoms with Crippen molar-refractivity contribution in [2.45, 2.75) is 0 Å². The molecule has 0 atom stereocenters. The first-order valence-electron chi connectivity index (χ1n) is 3.07. The molecule has 0 nitrogen and oxygen atoms in total. The number of benzene rings is 1. The van der Waals surface area contributed by atoms with Crippen molar-refractivity contribution in [3.05, 3.63) is 29.1 Å². The number of hydrogen-bond acceptors (Lipinski definition) is 0. The quantitative estimate of drug-likeness (QED) is 0.308. The van der Waals surface area contributed by atoms with Crippen LogP contribution in [0.15, 0.2) is 0 Å². The Kier molecular flexibility index (Phi) is 5.03. The Morgan fingerprint density at radius 1 is 0.643 bits per heavy atom. The highest BCUT2D eigenvalue weighted by molar-refractivity contribution is 6.46. The van der Waals surface area contributed by atoms with Gasteiger partial charge in [0.15, 0.2) is 17.5 Å². The van der Waals surface area contributed by atoms with Crippen LogP contribution in [-0.2, 0) is 0 Å². The monoisotopic (exact) mass is 246 g/mol. The lowest BCUT2D eigenvalue weighted by molar-refractivity contribution is 0.383. The lowest BCUT2D eigenvalue weighted by Crippen LogP contribution is -2.24. The minimum Gasteiger partial charge on any atom is -0.475 e. The summed E-state index contributed by atoms with van der Waals surface area (Å²) in [6.45, 7) is 0. The third kappa shape index (κ3) is 2.09. The third-order valence-corrected chi connectivity index (χ3v) is 2.32. The number of rotatable bonds is 1. The molecule has 14 heavy (non-hydrogen) atoms. The van der Waals surface area contributed by atoms with Gasteiger partial charge in [-0.3, -0.25) is 0 Å². The van der Waals surface area contributed by atoms with Gasteiger partial charge in [0.1, 0.15) is 11.6 Å². The van der Waals surface area contributed by atoms with E-state index in [0.717, 1.165) is 0 Å². The zero-order valence-corrected chi connectivity index (χ0v) is 8.61. The first-order valence-corrected chi connectivity index (χ1v) is 4.31. The number of hydrogen-bond donors (Lipinski definition) is 0. The highest BCUT2D eigenvalue weighted by Gasteiger charge is 2.26. The Bertz CT molecular complexity index is 326. The van der Waals surface area contributed by atoms with E-state index in [1.54, 1.807) is 0 Å². The third-order valence-electron chi connectivity index (χ3n) is 1.43. The van der Waals surface area contributed by atoms with E-state index in [-0.39, 0.29) is 12.4 Å². The standard InChI is InChI=1S/C6F5.ClH.FH.Mg/c7-2-1-3(8)5(10)6(11)4(2)9;;;/h;2*1H;/q;;;+1/p-1. The van der Waals surface area contributed by atoms with Crippen LogP contribution in [0, 0.1) is 29.1 Å². The molecule has 0 bridgehead atoms. The molecule has 0 unspecified atom stereocenters. The zero-order valence-electron chi connectivity index (χ0n) is 6.38. The van der Waals surface area contributed by atoms with Gasteiger partial charge in [0, 0.05) is 0 Å². The van der Waals surface area contributed by atoms with Crippen LogP contribution in [0.25, 0.3) is 0 Å². The van der Waals surface area contributed by atoms with Crippen molar-refractivity contribution in [1.82, 2.24) is 0 Å². The van der Waals surface area contributed by atoms with Crippen molar-refractivity contribution in [2.75, 3.05) is 0 Å². The van der Waals surface area contributed by atoms with E-state index in [0.29, 0.717) is 0 Å². The summed E-state index contributed by atoms with van der Waals surface area (Å²) in [5.41, 5.74) is 0. The molecule has 0 saturated heterocycles.